The molecule has 2 heterocycles. The molecule has 0 aliphatic heterocycles. The van der Waals surface area contributed by atoms with Crippen molar-refractivity contribution in [2.45, 2.75) is 24.5 Å². The van der Waals surface area contributed by atoms with Gasteiger partial charge in [-0.3, -0.25) is 4.79 Å². The number of methoxy groups -OCH3 is 1. The third-order valence-corrected chi connectivity index (χ3v) is 4.79. The van der Waals surface area contributed by atoms with E-state index in [9.17, 15) is 4.79 Å². The standard InChI is InChI=1S/C18H19N3O4S/c1-12(18(22)19-10-15-4-3-9-24-15)26-11-16-20-17(21-25-16)13-5-7-14(23-2)8-6-13/h3-9,12H,10-11H2,1-2H3,(H,19,22)/t12-/m1/s1. The molecule has 0 radical (unpaired) electrons. The van der Waals surface area contributed by atoms with Gasteiger partial charge in [-0.05, 0) is 43.3 Å². The molecule has 7 nitrogen and oxygen atoms in total. The fourth-order valence-electron chi connectivity index (χ4n) is 2.17. The molecule has 1 N–H and O–H groups in total. The first-order chi connectivity index (χ1) is 12.7. The average molecular weight is 373 g/mol. The lowest BCUT2D eigenvalue weighted by Gasteiger charge is -2.09. The van der Waals surface area contributed by atoms with E-state index in [1.165, 1.54) is 11.8 Å². The van der Waals surface area contributed by atoms with Crippen molar-refractivity contribution in [1.82, 2.24) is 15.5 Å². The Morgan fingerprint density at radius 3 is 2.81 bits per heavy atom. The molecule has 0 unspecified atom stereocenters. The normalized spacial score (nSPS) is 11.9. The van der Waals surface area contributed by atoms with E-state index in [0.29, 0.717) is 24.0 Å². The van der Waals surface area contributed by atoms with E-state index in [1.807, 2.05) is 37.3 Å². The summed E-state index contributed by atoms with van der Waals surface area (Å²) in [4.78, 5) is 16.5. The summed E-state index contributed by atoms with van der Waals surface area (Å²) in [6.07, 6.45) is 1.58. The van der Waals surface area contributed by atoms with E-state index in [2.05, 4.69) is 15.5 Å². The zero-order valence-electron chi connectivity index (χ0n) is 14.5. The van der Waals surface area contributed by atoms with Gasteiger partial charge in [-0.2, -0.15) is 4.98 Å². The lowest BCUT2D eigenvalue weighted by atomic mass is 10.2. The number of benzene rings is 1. The van der Waals surface area contributed by atoms with Gasteiger partial charge in [-0.1, -0.05) is 5.16 Å². The Balaban J connectivity index is 1.49. The number of amides is 1. The summed E-state index contributed by atoms with van der Waals surface area (Å²) in [5.41, 5.74) is 0.843. The van der Waals surface area contributed by atoms with Gasteiger partial charge in [0, 0.05) is 5.56 Å². The SMILES string of the molecule is COc1ccc(-c2noc(CS[C@H](C)C(=O)NCc3ccco3)n2)cc1. The Morgan fingerprint density at radius 2 is 2.12 bits per heavy atom. The quantitative estimate of drug-likeness (QED) is 0.648. The molecule has 1 amide bonds. The highest BCUT2D eigenvalue weighted by molar-refractivity contribution is 7.99. The van der Waals surface area contributed by atoms with Crippen molar-refractivity contribution in [1.29, 1.82) is 0 Å². The number of rotatable bonds is 8. The van der Waals surface area contributed by atoms with E-state index in [0.717, 1.165) is 17.1 Å². The van der Waals surface area contributed by atoms with Crippen molar-refractivity contribution in [3.05, 3.63) is 54.3 Å². The highest BCUT2D eigenvalue weighted by atomic mass is 32.2. The zero-order valence-corrected chi connectivity index (χ0v) is 15.3. The van der Waals surface area contributed by atoms with Crippen molar-refractivity contribution < 1.29 is 18.5 Å². The summed E-state index contributed by atoms with van der Waals surface area (Å²) in [7, 11) is 1.62. The second-order valence-electron chi connectivity index (χ2n) is 5.49. The van der Waals surface area contributed by atoms with E-state index >= 15 is 0 Å². The van der Waals surface area contributed by atoms with Crippen molar-refractivity contribution in [2.24, 2.45) is 0 Å². The monoisotopic (exact) mass is 373 g/mol. The minimum atomic E-state index is -0.249. The molecule has 26 heavy (non-hydrogen) atoms. The van der Waals surface area contributed by atoms with Gasteiger partial charge in [0.2, 0.25) is 17.6 Å². The number of hydrogen-bond donors (Lipinski definition) is 1. The molecule has 0 aliphatic carbocycles. The molecule has 8 heteroatoms. The number of carbonyl (C=O) groups excluding carboxylic acids is 1. The predicted octanol–water partition coefficient (Wildman–Crippen LogP) is 3.28. The second-order valence-corrected chi connectivity index (χ2v) is 6.82. The van der Waals surface area contributed by atoms with Crippen LogP contribution in [0.2, 0.25) is 0 Å². The summed E-state index contributed by atoms with van der Waals surface area (Å²) in [6, 6.07) is 11.0. The molecule has 0 saturated heterocycles. The molecule has 1 aromatic carbocycles. The minimum absolute atomic E-state index is 0.0682. The Kier molecular flexibility index (Phi) is 5.96. The maximum Gasteiger partial charge on any atom is 0.236 e. The molecule has 2 aromatic heterocycles. The first-order valence-corrected chi connectivity index (χ1v) is 9.09. The van der Waals surface area contributed by atoms with Crippen LogP contribution in [0.25, 0.3) is 11.4 Å². The molecule has 1 atom stereocenters. The molecule has 0 bridgehead atoms. The van der Waals surface area contributed by atoms with Gasteiger partial charge in [0.05, 0.1) is 30.9 Å². The van der Waals surface area contributed by atoms with Crippen LogP contribution in [0.5, 0.6) is 5.75 Å². The maximum absolute atomic E-state index is 12.1. The number of nitrogens with one attached hydrogen (secondary N) is 1. The van der Waals surface area contributed by atoms with Gasteiger partial charge in [-0.15, -0.1) is 11.8 Å². The molecule has 0 fully saturated rings. The number of ether oxygens (including phenoxy) is 1. The number of furan rings is 1. The molecule has 0 spiro atoms. The molecular weight excluding hydrogens is 354 g/mol. The topological polar surface area (TPSA) is 90.4 Å². The van der Waals surface area contributed by atoms with Crippen LogP contribution in [0.15, 0.2) is 51.6 Å². The van der Waals surface area contributed by atoms with Gasteiger partial charge in [0.1, 0.15) is 11.5 Å². The van der Waals surface area contributed by atoms with Crippen LogP contribution in [-0.2, 0) is 17.1 Å². The Hall–Kier alpha value is -2.74. The second kappa shape index (κ2) is 8.57. The van der Waals surface area contributed by atoms with Crippen LogP contribution in [0.4, 0.5) is 0 Å². The highest BCUT2D eigenvalue weighted by Gasteiger charge is 2.16. The van der Waals surface area contributed by atoms with E-state index in [4.69, 9.17) is 13.7 Å². The van der Waals surface area contributed by atoms with Crippen LogP contribution < -0.4 is 10.1 Å². The fraction of sp³-hybridized carbons (Fsp3) is 0.278. The van der Waals surface area contributed by atoms with Gasteiger partial charge in [0.15, 0.2) is 0 Å². The van der Waals surface area contributed by atoms with Gasteiger partial charge in [-0.25, -0.2) is 0 Å². The number of nitrogens with zero attached hydrogens (tertiary/aromatic N) is 2. The zero-order chi connectivity index (χ0) is 18.4. The lowest BCUT2D eigenvalue weighted by molar-refractivity contribution is -0.120. The van der Waals surface area contributed by atoms with Crippen molar-refractivity contribution in [3.63, 3.8) is 0 Å². The van der Waals surface area contributed by atoms with Crippen LogP contribution in [0.1, 0.15) is 18.6 Å². The van der Waals surface area contributed by atoms with Crippen LogP contribution in [0, 0.1) is 0 Å². The van der Waals surface area contributed by atoms with Crippen molar-refractivity contribution in [3.8, 4) is 17.1 Å². The van der Waals surface area contributed by atoms with Crippen molar-refractivity contribution in [2.75, 3.05) is 7.11 Å². The number of thioether (sulfide) groups is 1. The van der Waals surface area contributed by atoms with Gasteiger partial charge < -0.3 is 19.0 Å². The van der Waals surface area contributed by atoms with Crippen molar-refractivity contribution >= 4 is 17.7 Å². The third kappa shape index (κ3) is 4.66. The molecule has 3 aromatic rings. The van der Waals surface area contributed by atoms with E-state index in [-0.39, 0.29) is 11.2 Å². The summed E-state index contributed by atoms with van der Waals surface area (Å²) in [5.74, 6) is 2.86. The number of carbonyl (C=O) groups is 1. The van der Waals surface area contributed by atoms with E-state index in [1.54, 1.807) is 19.4 Å². The summed E-state index contributed by atoms with van der Waals surface area (Å²) < 4.78 is 15.6. The van der Waals surface area contributed by atoms with Gasteiger partial charge >= 0.3 is 0 Å². The van der Waals surface area contributed by atoms with Gasteiger partial charge in [0.25, 0.3) is 0 Å². The number of hydrogen-bond acceptors (Lipinski definition) is 7. The summed E-state index contributed by atoms with van der Waals surface area (Å²) >= 11 is 1.43. The summed E-state index contributed by atoms with van der Waals surface area (Å²) in [6.45, 7) is 2.21. The molecule has 0 aliphatic rings. The smallest absolute Gasteiger partial charge is 0.236 e. The van der Waals surface area contributed by atoms with Crippen LogP contribution >= 0.6 is 11.8 Å². The largest absolute Gasteiger partial charge is 0.497 e. The number of aromatic nitrogens is 2. The molecule has 0 saturated carbocycles. The maximum atomic E-state index is 12.1. The third-order valence-electron chi connectivity index (χ3n) is 3.66. The fourth-order valence-corrected chi connectivity index (χ4v) is 2.92. The van der Waals surface area contributed by atoms with Crippen LogP contribution in [-0.4, -0.2) is 28.4 Å². The average Bonchev–Trinajstić information content (AvgIpc) is 3.36. The Labute approximate surface area is 155 Å². The summed E-state index contributed by atoms with van der Waals surface area (Å²) in [5, 5.41) is 6.56. The van der Waals surface area contributed by atoms with Crippen LogP contribution in [0.3, 0.4) is 0 Å². The Bertz CT molecular complexity index is 831. The first kappa shape index (κ1) is 18.1. The molecule has 136 valence electrons. The molecular formula is C18H19N3O4S. The Morgan fingerprint density at radius 1 is 1.31 bits per heavy atom. The van der Waals surface area contributed by atoms with E-state index < -0.39 is 0 Å². The lowest BCUT2D eigenvalue weighted by Crippen LogP contribution is -2.30. The minimum Gasteiger partial charge on any atom is -0.497 e. The first-order valence-electron chi connectivity index (χ1n) is 8.04. The molecule has 3 rings (SSSR count). The predicted molar refractivity (Wildman–Crippen MR) is 97.6 cm³/mol. The highest BCUT2D eigenvalue weighted by Crippen LogP contribution is 2.22.